The Kier molecular flexibility index (Phi) is 2.87. The normalized spacial score (nSPS) is 50.1. The zero-order chi connectivity index (χ0) is 15.8. The Hall–Kier alpha value is -0.960. The van der Waals surface area contributed by atoms with E-state index in [1.165, 1.54) is 14.0 Å². The van der Waals surface area contributed by atoms with Crippen molar-refractivity contribution < 1.29 is 32.2 Å². The molecule has 4 aliphatic rings. The first-order valence-corrected chi connectivity index (χ1v) is 9.05. The number of fused-ring (bicyclic) bond motifs is 2. The van der Waals surface area contributed by atoms with Crippen LogP contribution in [0.4, 0.5) is 0 Å². The molecule has 0 aromatic carbocycles. The van der Waals surface area contributed by atoms with Crippen LogP contribution in [0.2, 0.25) is 0 Å². The van der Waals surface area contributed by atoms with Crippen LogP contribution in [-0.2, 0) is 33.6 Å². The molecule has 3 fully saturated rings. The molecule has 0 N–H and O–H groups in total. The quantitative estimate of drug-likeness (QED) is 0.517. The van der Waals surface area contributed by atoms with Crippen molar-refractivity contribution in [3.63, 3.8) is 0 Å². The number of hydrogen-bond acceptors (Lipinski definition) is 7. The molecule has 4 aliphatic heterocycles. The van der Waals surface area contributed by atoms with Crippen molar-refractivity contribution >= 4 is 15.8 Å². The molecule has 0 amide bonds. The van der Waals surface area contributed by atoms with Gasteiger partial charge in [0.1, 0.15) is 12.2 Å². The molecule has 122 valence electrons. The van der Waals surface area contributed by atoms with E-state index in [1.807, 2.05) is 12.2 Å². The Labute approximate surface area is 128 Å². The summed E-state index contributed by atoms with van der Waals surface area (Å²) in [5.41, 5.74) is -1.70. The van der Waals surface area contributed by atoms with Crippen molar-refractivity contribution in [1.82, 2.24) is 0 Å². The summed E-state index contributed by atoms with van der Waals surface area (Å²) in [6.45, 7) is 1.41. The van der Waals surface area contributed by atoms with Gasteiger partial charge in [0.15, 0.2) is 16.1 Å². The van der Waals surface area contributed by atoms with E-state index in [0.717, 1.165) is 0 Å². The maximum atomic E-state index is 12.3. The Bertz CT molecular complexity index is 656. The Morgan fingerprint density at radius 1 is 1.45 bits per heavy atom. The van der Waals surface area contributed by atoms with Gasteiger partial charge >= 0.3 is 5.97 Å². The lowest BCUT2D eigenvalue weighted by Gasteiger charge is -2.47. The third kappa shape index (κ3) is 1.61. The lowest BCUT2D eigenvalue weighted by molar-refractivity contribution is -0.162. The molecular weight excluding hydrogens is 312 g/mol. The molecule has 2 bridgehead atoms. The predicted octanol–water partition coefficient (Wildman–Crippen LogP) is -0.341. The highest BCUT2D eigenvalue weighted by Gasteiger charge is 2.78. The minimum atomic E-state index is -3.32. The molecule has 4 heterocycles. The standard InChI is InChI=1S/C14H18O7S/c1-8(15)19-6-14-10-5-22(16,17)7-13(14)4-3-9(21-13)11(14)12(18-2)20-10/h3-4,9-12H,5-7H2,1-2H3/t9-,10+,11+,12-,13-,14-/m0/s1. The fourth-order valence-electron chi connectivity index (χ4n) is 4.61. The highest BCUT2D eigenvalue weighted by molar-refractivity contribution is 7.91. The van der Waals surface area contributed by atoms with Gasteiger partial charge in [0.2, 0.25) is 0 Å². The Morgan fingerprint density at radius 2 is 2.23 bits per heavy atom. The van der Waals surface area contributed by atoms with E-state index < -0.39 is 39.2 Å². The van der Waals surface area contributed by atoms with Crippen molar-refractivity contribution in [1.29, 1.82) is 0 Å². The van der Waals surface area contributed by atoms with Crippen LogP contribution in [0.15, 0.2) is 12.2 Å². The van der Waals surface area contributed by atoms with Gasteiger partial charge in [-0.05, 0) is 0 Å². The van der Waals surface area contributed by atoms with Gasteiger partial charge in [-0.25, -0.2) is 8.42 Å². The molecule has 4 rings (SSSR count). The number of sulfone groups is 1. The van der Waals surface area contributed by atoms with Crippen molar-refractivity contribution in [2.24, 2.45) is 11.3 Å². The molecule has 0 aromatic heterocycles. The number of ether oxygens (including phenoxy) is 4. The number of esters is 1. The lowest BCUT2D eigenvalue weighted by Crippen LogP contribution is -2.63. The van der Waals surface area contributed by atoms with Crippen LogP contribution in [0.1, 0.15) is 6.92 Å². The average Bonchev–Trinajstić information content (AvgIpc) is 3.03. The van der Waals surface area contributed by atoms with E-state index in [-0.39, 0.29) is 30.1 Å². The summed E-state index contributed by atoms with van der Waals surface area (Å²) < 4.78 is 47.2. The third-order valence-electron chi connectivity index (χ3n) is 5.39. The smallest absolute Gasteiger partial charge is 0.302 e. The molecule has 1 spiro atoms. The van der Waals surface area contributed by atoms with E-state index in [2.05, 4.69) is 0 Å². The molecule has 7 nitrogen and oxygen atoms in total. The number of carbonyl (C=O) groups excluding carboxylic acids is 1. The van der Waals surface area contributed by atoms with E-state index in [4.69, 9.17) is 18.9 Å². The molecule has 3 saturated heterocycles. The zero-order valence-electron chi connectivity index (χ0n) is 12.4. The van der Waals surface area contributed by atoms with E-state index in [1.54, 1.807) is 0 Å². The molecule has 8 heteroatoms. The second kappa shape index (κ2) is 4.31. The van der Waals surface area contributed by atoms with Crippen molar-refractivity contribution in [2.75, 3.05) is 25.2 Å². The van der Waals surface area contributed by atoms with E-state index in [0.29, 0.717) is 0 Å². The topological polar surface area (TPSA) is 88.1 Å². The average molecular weight is 330 g/mol. The first-order valence-electron chi connectivity index (χ1n) is 7.23. The second-order valence-electron chi connectivity index (χ2n) is 6.46. The summed E-state index contributed by atoms with van der Waals surface area (Å²) in [6.07, 6.45) is 2.23. The van der Waals surface area contributed by atoms with Gasteiger partial charge < -0.3 is 18.9 Å². The van der Waals surface area contributed by atoms with Gasteiger partial charge in [-0.1, -0.05) is 12.2 Å². The maximum absolute atomic E-state index is 12.3. The summed E-state index contributed by atoms with van der Waals surface area (Å²) in [5, 5.41) is 0. The van der Waals surface area contributed by atoms with Crippen LogP contribution < -0.4 is 0 Å². The number of methoxy groups -OCH3 is 1. The molecule has 0 aliphatic carbocycles. The van der Waals surface area contributed by atoms with Crippen LogP contribution in [0, 0.1) is 11.3 Å². The maximum Gasteiger partial charge on any atom is 0.302 e. The van der Waals surface area contributed by atoms with E-state index in [9.17, 15) is 13.2 Å². The van der Waals surface area contributed by atoms with Crippen LogP contribution >= 0.6 is 0 Å². The monoisotopic (exact) mass is 330 g/mol. The molecular formula is C14H18O7S. The summed E-state index contributed by atoms with van der Waals surface area (Å²) in [7, 11) is -1.79. The number of hydrogen-bond donors (Lipinski definition) is 0. The van der Waals surface area contributed by atoms with Gasteiger partial charge in [0, 0.05) is 14.0 Å². The largest absolute Gasteiger partial charge is 0.465 e. The SMILES string of the molecule is CO[C@H]1O[C@@H]2CS(=O)(=O)C[C@]34C=C[C@H](O3)[C@H]1[C@]24COC(C)=O. The molecule has 0 radical (unpaired) electrons. The summed E-state index contributed by atoms with van der Waals surface area (Å²) >= 11 is 0. The van der Waals surface area contributed by atoms with Crippen LogP contribution in [0.3, 0.4) is 0 Å². The van der Waals surface area contributed by atoms with Crippen molar-refractivity contribution in [2.45, 2.75) is 31.0 Å². The van der Waals surface area contributed by atoms with Gasteiger partial charge in [0.05, 0.1) is 35.0 Å². The van der Waals surface area contributed by atoms with Gasteiger partial charge in [-0.2, -0.15) is 0 Å². The Morgan fingerprint density at radius 3 is 2.91 bits per heavy atom. The minimum Gasteiger partial charge on any atom is -0.465 e. The van der Waals surface area contributed by atoms with Crippen molar-refractivity contribution in [3.05, 3.63) is 12.2 Å². The van der Waals surface area contributed by atoms with Crippen LogP contribution in [0.5, 0.6) is 0 Å². The molecule has 6 atom stereocenters. The first kappa shape index (κ1) is 14.6. The highest BCUT2D eigenvalue weighted by atomic mass is 32.2. The number of carbonyl (C=O) groups is 1. The molecule has 0 unspecified atom stereocenters. The summed E-state index contributed by atoms with van der Waals surface area (Å²) in [6, 6.07) is 0. The molecule has 22 heavy (non-hydrogen) atoms. The van der Waals surface area contributed by atoms with Crippen LogP contribution in [-0.4, -0.2) is 63.7 Å². The minimum absolute atomic E-state index is 0.0773. The predicted molar refractivity (Wildman–Crippen MR) is 73.6 cm³/mol. The third-order valence-corrected chi connectivity index (χ3v) is 7.07. The zero-order valence-corrected chi connectivity index (χ0v) is 13.2. The lowest BCUT2D eigenvalue weighted by atomic mass is 9.61. The van der Waals surface area contributed by atoms with Gasteiger partial charge in [0.25, 0.3) is 0 Å². The first-order chi connectivity index (χ1) is 10.3. The Balaban J connectivity index is 1.85. The van der Waals surface area contributed by atoms with Gasteiger partial charge in [-0.15, -0.1) is 0 Å². The summed E-state index contributed by atoms with van der Waals surface area (Å²) in [5.74, 6) is -0.794. The fraction of sp³-hybridized carbons (Fsp3) is 0.786. The summed E-state index contributed by atoms with van der Waals surface area (Å²) in [4.78, 5) is 11.3. The molecule has 0 saturated carbocycles. The molecule has 0 aromatic rings. The number of rotatable bonds is 3. The van der Waals surface area contributed by atoms with Crippen LogP contribution in [0.25, 0.3) is 0 Å². The van der Waals surface area contributed by atoms with Crippen molar-refractivity contribution in [3.8, 4) is 0 Å². The highest BCUT2D eigenvalue weighted by Crippen LogP contribution is 2.65. The van der Waals surface area contributed by atoms with E-state index >= 15 is 0 Å². The van der Waals surface area contributed by atoms with Gasteiger partial charge in [-0.3, -0.25) is 4.79 Å². The fourth-order valence-corrected chi connectivity index (χ4v) is 6.65. The second-order valence-corrected chi connectivity index (χ2v) is 8.57.